The lowest BCUT2D eigenvalue weighted by Gasteiger charge is -2.47. The van der Waals surface area contributed by atoms with Gasteiger partial charge in [0.05, 0.1) is 29.8 Å². The molecule has 0 saturated carbocycles. The molecule has 0 unspecified atom stereocenters. The molecule has 11 nitrogen and oxygen atoms in total. The predicted molar refractivity (Wildman–Crippen MR) is 117 cm³/mol. The third kappa shape index (κ3) is 3.84. The number of carbonyl (C=O) groups excluding carboxylic acids is 2. The molecule has 2 N–H and O–H groups in total. The third-order valence-corrected chi connectivity index (χ3v) is 6.75. The number of methoxy groups -OCH3 is 1. The molecule has 4 heterocycles. The van der Waals surface area contributed by atoms with Crippen LogP contribution in [0.2, 0.25) is 0 Å². The van der Waals surface area contributed by atoms with E-state index in [1.807, 2.05) is 4.90 Å². The van der Waals surface area contributed by atoms with Crippen molar-refractivity contribution >= 4 is 34.6 Å². The molecule has 13 heteroatoms. The molecule has 0 aliphatic carbocycles. The largest absolute Gasteiger partial charge is 0.453 e. The first kappa shape index (κ1) is 21.1. The zero-order valence-electron chi connectivity index (χ0n) is 17.7. The molecule has 2 aromatic heterocycles. The number of fused-ring (bicyclic) bond motifs is 4. The Morgan fingerprint density at radius 3 is 2.76 bits per heavy atom. The molecule has 2 aliphatic rings. The van der Waals surface area contributed by atoms with Crippen LogP contribution < -0.4 is 15.5 Å². The standard InChI is InChI=1S/C20H20FN7O4S/c1-22-17(29)25-18-23-13-7-12-8-27(20(30)31-2)9-14(15(13)33-18)28(12)19-24-16(26-32-19)10-3-5-11(21)6-4-10/h3-6,12,14H,7-9H2,1-2H3,(H2,22,23,25,29)/t12-,14-/m1/s1. The number of aromatic nitrogens is 3. The highest BCUT2D eigenvalue weighted by Crippen LogP contribution is 2.44. The lowest BCUT2D eigenvalue weighted by atomic mass is 9.94. The summed E-state index contributed by atoms with van der Waals surface area (Å²) in [5.41, 5.74) is 1.49. The predicted octanol–water partition coefficient (Wildman–Crippen LogP) is 2.64. The molecule has 1 fully saturated rings. The SMILES string of the molecule is CNC(=O)Nc1nc2c(s1)[C@H]1CN(C(=O)OC)C[C@@H](C2)N1c1nc(-c2ccc(F)cc2)no1. The van der Waals surface area contributed by atoms with Crippen LogP contribution in [-0.2, 0) is 11.2 Å². The number of nitrogens with one attached hydrogen (secondary N) is 2. The summed E-state index contributed by atoms with van der Waals surface area (Å²) in [5.74, 6) is -0.0141. The summed E-state index contributed by atoms with van der Waals surface area (Å²) in [7, 11) is 2.88. The van der Waals surface area contributed by atoms with E-state index < -0.39 is 6.09 Å². The highest BCUT2D eigenvalue weighted by atomic mass is 32.1. The molecular weight excluding hydrogens is 453 g/mol. The van der Waals surface area contributed by atoms with Crippen LogP contribution in [0.1, 0.15) is 16.6 Å². The first-order valence-electron chi connectivity index (χ1n) is 10.2. The molecule has 1 aromatic carbocycles. The van der Waals surface area contributed by atoms with Crippen molar-refractivity contribution in [2.75, 3.05) is 37.5 Å². The van der Waals surface area contributed by atoms with E-state index >= 15 is 0 Å². The second kappa shape index (κ2) is 8.31. The number of nitrogens with zero attached hydrogens (tertiary/aromatic N) is 5. The molecule has 3 aromatic rings. The van der Waals surface area contributed by atoms with Gasteiger partial charge in [0.15, 0.2) is 5.13 Å². The molecule has 0 radical (unpaired) electrons. The van der Waals surface area contributed by atoms with E-state index in [9.17, 15) is 14.0 Å². The van der Waals surface area contributed by atoms with Crippen molar-refractivity contribution < 1.29 is 23.2 Å². The lowest BCUT2D eigenvalue weighted by Crippen LogP contribution is -2.59. The van der Waals surface area contributed by atoms with Gasteiger partial charge >= 0.3 is 18.1 Å². The highest BCUT2D eigenvalue weighted by Gasteiger charge is 2.46. The molecule has 3 amide bonds. The van der Waals surface area contributed by atoms with Gasteiger partial charge in [0.1, 0.15) is 5.82 Å². The molecule has 5 rings (SSSR count). The van der Waals surface area contributed by atoms with Gasteiger partial charge in [-0.25, -0.2) is 19.0 Å². The smallest absolute Gasteiger partial charge is 0.409 e. The number of benzene rings is 1. The quantitative estimate of drug-likeness (QED) is 0.595. The summed E-state index contributed by atoms with van der Waals surface area (Å²) in [6.07, 6.45) is 0.0957. The number of urea groups is 1. The fourth-order valence-electron chi connectivity index (χ4n) is 4.15. The van der Waals surface area contributed by atoms with Gasteiger partial charge in [0.2, 0.25) is 5.82 Å². The van der Waals surface area contributed by atoms with Crippen LogP contribution in [0.25, 0.3) is 11.4 Å². The number of hydrogen-bond acceptors (Lipinski definition) is 9. The Hall–Kier alpha value is -3.74. The average molecular weight is 473 g/mol. The number of ether oxygens (including phenoxy) is 1. The fourth-order valence-corrected chi connectivity index (χ4v) is 5.23. The van der Waals surface area contributed by atoms with E-state index in [-0.39, 0.29) is 23.9 Å². The van der Waals surface area contributed by atoms with Crippen LogP contribution in [0.15, 0.2) is 28.8 Å². The average Bonchev–Trinajstić information content (AvgIpc) is 3.45. The topological polar surface area (TPSA) is 126 Å². The van der Waals surface area contributed by atoms with Crippen molar-refractivity contribution in [3.63, 3.8) is 0 Å². The molecule has 172 valence electrons. The molecule has 33 heavy (non-hydrogen) atoms. The van der Waals surface area contributed by atoms with Crippen molar-refractivity contribution in [3.8, 4) is 11.4 Å². The van der Waals surface area contributed by atoms with E-state index in [4.69, 9.17) is 9.26 Å². The monoisotopic (exact) mass is 473 g/mol. The van der Waals surface area contributed by atoms with Gasteiger partial charge in [0.25, 0.3) is 0 Å². The number of carbonyl (C=O) groups is 2. The van der Waals surface area contributed by atoms with Crippen molar-refractivity contribution in [2.24, 2.45) is 0 Å². The van der Waals surface area contributed by atoms with Crippen molar-refractivity contribution in [1.29, 1.82) is 0 Å². The number of amides is 3. The number of rotatable bonds is 3. The lowest BCUT2D eigenvalue weighted by molar-refractivity contribution is 0.102. The Morgan fingerprint density at radius 2 is 2.03 bits per heavy atom. The molecule has 1 saturated heterocycles. The van der Waals surface area contributed by atoms with Gasteiger partial charge in [-0.05, 0) is 24.3 Å². The number of thiazole rings is 1. The number of piperazine rings is 1. The fraction of sp³-hybridized carbons (Fsp3) is 0.350. The van der Waals surface area contributed by atoms with Crippen LogP contribution in [0, 0.1) is 5.82 Å². The van der Waals surface area contributed by atoms with Crippen LogP contribution in [0.4, 0.5) is 25.1 Å². The minimum Gasteiger partial charge on any atom is -0.453 e. The molecule has 2 bridgehead atoms. The van der Waals surface area contributed by atoms with E-state index in [1.54, 1.807) is 17.0 Å². The molecular formula is C20H20FN7O4S. The summed E-state index contributed by atoms with van der Waals surface area (Å²) < 4.78 is 23.8. The minimum absolute atomic E-state index is 0.188. The van der Waals surface area contributed by atoms with Crippen LogP contribution in [0.3, 0.4) is 0 Å². The van der Waals surface area contributed by atoms with Gasteiger partial charge in [-0.15, -0.1) is 0 Å². The van der Waals surface area contributed by atoms with Gasteiger partial charge in [0, 0.05) is 32.1 Å². The third-order valence-electron chi connectivity index (χ3n) is 5.63. The second-order valence-corrected chi connectivity index (χ2v) is 8.63. The Bertz CT molecular complexity index is 1200. The van der Waals surface area contributed by atoms with Crippen LogP contribution in [0.5, 0.6) is 0 Å². The van der Waals surface area contributed by atoms with E-state index in [2.05, 4.69) is 25.8 Å². The molecule has 0 spiro atoms. The minimum atomic E-state index is -0.418. The number of hydrogen-bond donors (Lipinski definition) is 2. The number of halogens is 1. The first-order valence-corrected chi connectivity index (χ1v) is 11.0. The van der Waals surface area contributed by atoms with Gasteiger partial charge in [-0.3, -0.25) is 5.32 Å². The van der Waals surface area contributed by atoms with Gasteiger partial charge in [-0.1, -0.05) is 16.5 Å². The maximum absolute atomic E-state index is 13.3. The maximum Gasteiger partial charge on any atom is 0.409 e. The van der Waals surface area contributed by atoms with Crippen LogP contribution >= 0.6 is 11.3 Å². The zero-order chi connectivity index (χ0) is 23.1. The zero-order valence-corrected chi connectivity index (χ0v) is 18.6. The Balaban J connectivity index is 1.50. The number of anilines is 2. The van der Waals surface area contributed by atoms with E-state index in [0.29, 0.717) is 42.0 Å². The van der Waals surface area contributed by atoms with Crippen molar-refractivity contribution in [2.45, 2.75) is 18.5 Å². The summed E-state index contributed by atoms with van der Waals surface area (Å²) in [6, 6.07) is 5.26. The molecule has 2 aliphatic heterocycles. The summed E-state index contributed by atoms with van der Waals surface area (Å²) in [6.45, 7) is 0.707. The van der Waals surface area contributed by atoms with Crippen molar-refractivity contribution in [3.05, 3.63) is 40.7 Å². The van der Waals surface area contributed by atoms with Gasteiger partial charge < -0.3 is 24.4 Å². The highest BCUT2D eigenvalue weighted by molar-refractivity contribution is 7.16. The van der Waals surface area contributed by atoms with E-state index in [1.165, 1.54) is 37.6 Å². The summed E-state index contributed by atoms with van der Waals surface area (Å²) in [5, 5.41) is 9.75. The Morgan fingerprint density at radius 1 is 1.24 bits per heavy atom. The normalized spacial score (nSPS) is 19.1. The molecule has 2 atom stereocenters. The van der Waals surface area contributed by atoms with Gasteiger partial charge in [-0.2, -0.15) is 4.98 Å². The summed E-state index contributed by atoms with van der Waals surface area (Å²) >= 11 is 1.34. The van der Waals surface area contributed by atoms with Crippen molar-refractivity contribution in [1.82, 2.24) is 25.3 Å². The van der Waals surface area contributed by atoms with Crippen LogP contribution in [-0.4, -0.2) is 65.4 Å². The first-order chi connectivity index (χ1) is 16.0. The Kier molecular flexibility index (Phi) is 5.32. The summed E-state index contributed by atoms with van der Waals surface area (Å²) in [4.78, 5) is 37.7. The second-order valence-electron chi connectivity index (χ2n) is 7.60. The van der Waals surface area contributed by atoms with E-state index in [0.717, 1.165) is 10.6 Å². The Labute approximate surface area is 191 Å². The maximum atomic E-state index is 13.3.